The lowest BCUT2D eigenvalue weighted by atomic mass is 10.1. The fourth-order valence-corrected chi connectivity index (χ4v) is 2.21. The minimum Gasteiger partial charge on any atom is -0.399 e. The Morgan fingerprint density at radius 3 is 2.44 bits per heavy atom. The Labute approximate surface area is 114 Å². The molecular formula is C15H11BrN2. The number of aromatic nitrogens is 1. The van der Waals surface area contributed by atoms with Crippen LogP contribution in [0.4, 0.5) is 5.69 Å². The highest BCUT2D eigenvalue weighted by atomic mass is 79.9. The third kappa shape index (κ3) is 2.09. The maximum absolute atomic E-state index is 5.80. The monoisotopic (exact) mass is 298 g/mol. The molecule has 0 spiro atoms. The summed E-state index contributed by atoms with van der Waals surface area (Å²) in [5, 5.41) is 1.07. The van der Waals surface area contributed by atoms with Crippen LogP contribution in [-0.4, -0.2) is 4.98 Å². The number of hydrogen-bond acceptors (Lipinski definition) is 2. The van der Waals surface area contributed by atoms with Gasteiger partial charge in [0.05, 0.1) is 5.52 Å². The van der Waals surface area contributed by atoms with Crippen molar-refractivity contribution in [2.45, 2.75) is 0 Å². The van der Waals surface area contributed by atoms with Crippen molar-refractivity contribution in [2.75, 3.05) is 5.73 Å². The van der Waals surface area contributed by atoms with Gasteiger partial charge >= 0.3 is 0 Å². The lowest BCUT2D eigenvalue weighted by Crippen LogP contribution is -1.87. The summed E-state index contributed by atoms with van der Waals surface area (Å²) < 4.78 is 1.07. The van der Waals surface area contributed by atoms with E-state index in [9.17, 15) is 0 Å². The van der Waals surface area contributed by atoms with Crippen LogP contribution in [0.15, 0.2) is 59.2 Å². The second-order valence-corrected chi connectivity index (χ2v) is 5.10. The van der Waals surface area contributed by atoms with E-state index in [1.807, 2.05) is 36.5 Å². The molecular weight excluding hydrogens is 288 g/mol. The van der Waals surface area contributed by atoms with Crippen molar-refractivity contribution in [1.29, 1.82) is 0 Å². The van der Waals surface area contributed by atoms with Crippen LogP contribution in [0.25, 0.3) is 22.0 Å². The van der Waals surface area contributed by atoms with Crippen molar-refractivity contribution >= 4 is 32.5 Å². The number of pyridine rings is 1. The van der Waals surface area contributed by atoms with E-state index in [1.54, 1.807) is 0 Å². The number of halogens is 1. The average molecular weight is 299 g/mol. The van der Waals surface area contributed by atoms with Crippen LogP contribution >= 0.6 is 15.9 Å². The molecule has 3 aromatic rings. The first-order valence-corrected chi connectivity index (χ1v) is 6.43. The molecule has 0 bridgehead atoms. The standard InChI is InChI=1S/C15H11BrN2/c16-13-3-1-10(2-4-13)12-7-11-8-14(17)5-6-15(11)18-9-12/h1-9H,17H2. The molecule has 0 atom stereocenters. The van der Waals surface area contributed by atoms with Crippen molar-refractivity contribution in [3.05, 3.63) is 59.2 Å². The van der Waals surface area contributed by atoms with Crippen LogP contribution in [0.1, 0.15) is 0 Å². The summed E-state index contributed by atoms with van der Waals surface area (Å²) in [6, 6.07) is 16.1. The van der Waals surface area contributed by atoms with E-state index in [0.717, 1.165) is 32.2 Å². The molecule has 0 saturated carbocycles. The number of hydrogen-bond donors (Lipinski definition) is 1. The number of anilines is 1. The summed E-state index contributed by atoms with van der Waals surface area (Å²) in [4.78, 5) is 4.45. The minimum atomic E-state index is 0.761. The fraction of sp³-hybridized carbons (Fsp3) is 0. The van der Waals surface area contributed by atoms with Crippen LogP contribution < -0.4 is 5.73 Å². The van der Waals surface area contributed by atoms with Gasteiger partial charge in [-0.15, -0.1) is 0 Å². The zero-order chi connectivity index (χ0) is 12.5. The maximum Gasteiger partial charge on any atom is 0.0703 e. The molecule has 0 fully saturated rings. The highest BCUT2D eigenvalue weighted by molar-refractivity contribution is 9.10. The predicted molar refractivity (Wildman–Crippen MR) is 79.3 cm³/mol. The third-order valence-electron chi connectivity index (χ3n) is 2.88. The van der Waals surface area contributed by atoms with E-state index < -0.39 is 0 Å². The Morgan fingerprint density at radius 2 is 1.67 bits per heavy atom. The lowest BCUT2D eigenvalue weighted by molar-refractivity contribution is 1.41. The van der Waals surface area contributed by atoms with Crippen molar-refractivity contribution in [1.82, 2.24) is 4.98 Å². The Morgan fingerprint density at radius 1 is 0.889 bits per heavy atom. The third-order valence-corrected chi connectivity index (χ3v) is 3.41. The first-order chi connectivity index (χ1) is 8.72. The van der Waals surface area contributed by atoms with Crippen molar-refractivity contribution in [3.8, 4) is 11.1 Å². The molecule has 0 amide bonds. The van der Waals surface area contributed by atoms with Gasteiger partial charge in [-0.3, -0.25) is 4.98 Å². The molecule has 0 aliphatic rings. The van der Waals surface area contributed by atoms with Gasteiger partial charge in [-0.2, -0.15) is 0 Å². The second-order valence-electron chi connectivity index (χ2n) is 4.18. The van der Waals surface area contributed by atoms with E-state index in [0.29, 0.717) is 0 Å². The Balaban J connectivity index is 2.15. The van der Waals surface area contributed by atoms with Crippen LogP contribution in [-0.2, 0) is 0 Å². The smallest absolute Gasteiger partial charge is 0.0703 e. The van der Waals surface area contributed by atoms with Crippen LogP contribution in [0.3, 0.4) is 0 Å². The average Bonchev–Trinajstić information content (AvgIpc) is 2.38. The molecule has 2 nitrogen and oxygen atoms in total. The predicted octanol–water partition coefficient (Wildman–Crippen LogP) is 4.25. The highest BCUT2D eigenvalue weighted by Gasteiger charge is 2.01. The number of rotatable bonds is 1. The second kappa shape index (κ2) is 4.42. The molecule has 3 heteroatoms. The lowest BCUT2D eigenvalue weighted by Gasteiger charge is -2.04. The van der Waals surface area contributed by atoms with Gasteiger partial charge in [0.25, 0.3) is 0 Å². The largest absolute Gasteiger partial charge is 0.399 e. The fourth-order valence-electron chi connectivity index (χ4n) is 1.95. The summed E-state index contributed by atoms with van der Waals surface area (Å²) in [6.45, 7) is 0. The number of benzene rings is 2. The summed E-state index contributed by atoms with van der Waals surface area (Å²) in [5.74, 6) is 0. The molecule has 0 aliphatic heterocycles. The van der Waals surface area contributed by atoms with Gasteiger partial charge in [-0.25, -0.2) is 0 Å². The maximum atomic E-state index is 5.80. The molecule has 18 heavy (non-hydrogen) atoms. The SMILES string of the molecule is Nc1ccc2ncc(-c3ccc(Br)cc3)cc2c1. The Kier molecular flexibility index (Phi) is 2.76. The summed E-state index contributed by atoms with van der Waals surface area (Å²) in [5.41, 5.74) is 9.77. The molecule has 0 unspecified atom stereocenters. The topological polar surface area (TPSA) is 38.9 Å². The van der Waals surface area contributed by atoms with Crippen molar-refractivity contribution in [2.24, 2.45) is 0 Å². The van der Waals surface area contributed by atoms with E-state index in [4.69, 9.17) is 5.73 Å². The van der Waals surface area contributed by atoms with Gasteiger partial charge in [-0.05, 0) is 42.0 Å². The zero-order valence-electron chi connectivity index (χ0n) is 9.60. The van der Waals surface area contributed by atoms with Crippen molar-refractivity contribution in [3.63, 3.8) is 0 Å². The van der Waals surface area contributed by atoms with Gasteiger partial charge < -0.3 is 5.73 Å². The summed E-state index contributed by atoms with van der Waals surface area (Å²) in [7, 11) is 0. The van der Waals surface area contributed by atoms with Gasteiger partial charge in [0.15, 0.2) is 0 Å². The normalized spacial score (nSPS) is 10.7. The van der Waals surface area contributed by atoms with Crippen LogP contribution in [0.5, 0.6) is 0 Å². The van der Waals surface area contributed by atoms with E-state index in [2.05, 4.69) is 39.1 Å². The molecule has 88 valence electrons. The zero-order valence-corrected chi connectivity index (χ0v) is 11.2. The Hall–Kier alpha value is -1.87. The van der Waals surface area contributed by atoms with E-state index in [-0.39, 0.29) is 0 Å². The molecule has 2 N–H and O–H groups in total. The Bertz CT molecular complexity index is 705. The number of nitrogens with zero attached hydrogens (tertiary/aromatic N) is 1. The van der Waals surface area contributed by atoms with Crippen LogP contribution in [0.2, 0.25) is 0 Å². The van der Waals surface area contributed by atoms with Gasteiger partial charge in [0.2, 0.25) is 0 Å². The first-order valence-electron chi connectivity index (χ1n) is 5.63. The molecule has 2 aromatic carbocycles. The number of nitrogen functional groups attached to an aromatic ring is 1. The van der Waals surface area contributed by atoms with Crippen LogP contribution in [0, 0.1) is 0 Å². The first kappa shape index (κ1) is 11.2. The minimum absolute atomic E-state index is 0.761. The van der Waals surface area contributed by atoms with E-state index >= 15 is 0 Å². The summed E-state index contributed by atoms with van der Waals surface area (Å²) >= 11 is 3.44. The highest BCUT2D eigenvalue weighted by Crippen LogP contribution is 2.25. The van der Waals surface area contributed by atoms with Gasteiger partial charge in [0.1, 0.15) is 0 Å². The molecule has 0 saturated heterocycles. The van der Waals surface area contributed by atoms with Crippen molar-refractivity contribution < 1.29 is 0 Å². The van der Waals surface area contributed by atoms with Gasteiger partial charge in [0, 0.05) is 27.3 Å². The summed E-state index contributed by atoms with van der Waals surface area (Å²) in [6.07, 6.45) is 1.89. The molecule has 0 radical (unpaired) electrons. The molecule has 3 rings (SSSR count). The molecule has 0 aliphatic carbocycles. The number of nitrogens with two attached hydrogens (primary N) is 1. The molecule has 1 heterocycles. The molecule has 1 aromatic heterocycles. The van der Waals surface area contributed by atoms with Gasteiger partial charge in [-0.1, -0.05) is 28.1 Å². The van der Waals surface area contributed by atoms with E-state index in [1.165, 1.54) is 0 Å². The quantitative estimate of drug-likeness (QED) is 0.682. The number of fused-ring (bicyclic) bond motifs is 1.